The van der Waals surface area contributed by atoms with E-state index in [4.69, 9.17) is 25.8 Å². The van der Waals surface area contributed by atoms with E-state index in [-0.39, 0.29) is 11.7 Å². The molecule has 2 aromatic carbocycles. The number of nitrogens with one attached hydrogen (secondary N) is 1. The summed E-state index contributed by atoms with van der Waals surface area (Å²) in [5.74, 6) is 2.27. The third-order valence-electron chi connectivity index (χ3n) is 4.26. The van der Waals surface area contributed by atoms with Crippen molar-refractivity contribution in [1.82, 2.24) is 14.8 Å². The minimum absolute atomic E-state index is 0.142. The molecule has 0 aliphatic heterocycles. The number of thioether (sulfide) groups is 1. The molecule has 0 bridgehead atoms. The van der Waals surface area contributed by atoms with Crippen LogP contribution in [-0.4, -0.2) is 47.8 Å². The summed E-state index contributed by atoms with van der Waals surface area (Å²) in [6.07, 6.45) is 0. The predicted molar refractivity (Wildman–Crippen MR) is 117 cm³/mol. The van der Waals surface area contributed by atoms with Crippen molar-refractivity contribution in [1.29, 1.82) is 0 Å². The topological polar surface area (TPSA) is 87.5 Å². The number of amides is 1. The summed E-state index contributed by atoms with van der Waals surface area (Å²) < 4.78 is 17.5. The van der Waals surface area contributed by atoms with Crippen LogP contribution < -0.4 is 19.5 Å². The molecule has 8 nitrogen and oxygen atoms in total. The van der Waals surface area contributed by atoms with E-state index in [1.54, 1.807) is 19.2 Å². The molecule has 0 radical (unpaired) electrons. The molecule has 1 aromatic heterocycles. The van der Waals surface area contributed by atoms with E-state index in [1.165, 1.54) is 26.0 Å². The van der Waals surface area contributed by atoms with Gasteiger partial charge in [-0.1, -0.05) is 23.4 Å². The average Bonchev–Trinajstić information content (AvgIpc) is 3.13. The van der Waals surface area contributed by atoms with Crippen molar-refractivity contribution in [3.8, 4) is 28.6 Å². The standard InChI is InChI=1S/C20H21ClN4O4S/c1-25-19(12-5-7-13(27-2)8-6-12)23-24-20(25)30-11-18(26)22-15-10-16(28-3)14(21)9-17(15)29-4/h5-10H,11H2,1-4H3,(H,22,26). The molecule has 0 unspecified atom stereocenters. The van der Waals surface area contributed by atoms with E-state index in [0.717, 1.165) is 11.3 Å². The van der Waals surface area contributed by atoms with Gasteiger partial charge in [-0.3, -0.25) is 4.79 Å². The maximum atomic E-state index is 12.5. The van der Waals surface area contributed by atoms with Crippen molar-refractivity contribution in [2.24, 2.45) is 7.05 Å². The molecule has 0 aliphatic carbocycles. The minimum Gasteiger partial charge on any atom is -0.497 e. The highest BCUT2D eigenvalue weighted by Gasteiger charge is 2.16. The molecule has 0 fully saturated rings. The molecule has 1 heterocycles. The molecule has 0 saturated heterocycles. The van der Waals surface area contributed by atoms with E-state index in [0.29, 0.717) is 33.2 Å². The van der Waals surface area contributed by atoms with Crippen LogP contribution in [0.15, 0.2) is 41.6 Å². The van der Waals surface area contributed by atoms with E-state index in [9.17, 15) is 4.79 Å². The molecule has 0 atom stereocenters. The Kier molecular flexibility index (Phi) is 7.07. The molecule has 0 saturated carbocycles. The Bertz CT molecular complexity index is 1040. The van der Waals surface area contributed by atoms with Crippen LogP contribution in [0.2, 0.25) is 5.02 Å². The van der Waals surface area contributed by atoms with Crippen molar-refractivity contribution in [2.45, 2.75) is 5.16 Å². The number of halogens is 1. The zero-order valence-corrected chi connectivity index (χ0v) is 18.5. The Labute approximate surface area is 183 Å². The number of hydrogen-bond donors (Lipinski definition) is 1. The van der Waals surface area contributed by atoms with Crippen molar-refractivity contribution < 1.29 is 19.0 Å². The number of hydrogen-bond acceptors (Lipinski definition) is 7. The lowest BCUT2D eigenvalue weighted by atomic mass is 10.2. The summed E-state index contributed by atoms with van der Waals surface area (Å²) in [4.78, 5) is 12.5. The van der Waals surface area contributed by atoms with E-state index in [2.05, 4.69) is 15.5 Å². The lowest BCUT2D eigenvalue weighted by Crippen LogP contribution is -2.15. The summed E-state index contributed by atoms with van der Waals surface area (Å²) >= 11 is 7.38. The first-order chi connectivity index (χ1) is 14.5. The Hall–Kier alpha value is -2.91. The van der Waals surface area contributed by atoms with Gasteiger partial charge in [-0.15, -0.1) is 10.2 Å². The molecule has 1 N–H and O–H groups in total. The number of rotatable bonds is 8. The van der Waals surface area contributed by atoms with Gasteiger partial charge in [0.15, 0.2) is 11.0 Å². The number of benzene rings is 2. The van der Waals surface area contributed by atoms with Gasteiger partial charge >= 0.3 is 0 Å². The fourth-order valence-electron chi connectivity index (χ4n) is 2.71. The highest BCUT2D eigenvalue weighted by atomic mass is 35.5. The van der Waals surface area contributed by atoms with Crippen LogP contribution >= 0.6 is 23.4 Å². The zero-order chi connectivity index (χ0) is 21.7. The van der Waals surface area contributed by atoms with Gasteiger partial charge in [0.05, 0.1) is 37.8 Å². The normalized spacial score (nSPS) is 10.6. The lowest BCUT2D eigenvalue weighted by molar-refractivity contribution is -0.113. The van der Waals surface area contributed by atoms with Gasteiger partial charge in [0.2, 0.25) is 5.91 Å². The molecule has 1 amide bonds. The van der Waals surface area contributed by atoms with E-state index < -0.39 is 0 Å². The second kappa shape index (κ2) is 9.73. The van der Waals surface area contributed by atoms with Gasteiger partial charge in [-0.05, 0) is 24.3 Å². The fraction of sp³-hybridized carbons (Fsp3) is 0.250. The van der Waals surface area contributed by atoms with Crippen molar-refractivity contribution in [3.05, 3.63) is 41.4 Å². The second-order valence-corrected chi connectivity index (χ2v) is 7.47. The predicted octanol–water partition coefficient (Wildman–Crippen LogP) is 3.89. The Morgan fingerprint density at radius 2 is 1.77 bits per heavy atom. The number of carbonyl (C=O) groups excluding carboxylic acids is 1. The highest BCUT2D eigenvalue weighted by Crippen LogP contribution is 2.36. The third-order valence-corrected chi connectivity index (χ3v) is 5.58. The van der Waals surface area contributed by atoms with Crippen LogP contribution in [0.4, 0.5) is 5.69 Å². The summed E-state index contributed by atoms with van der Waals surface area (Å²) in [7, 11) is 6.48. The Balaban J connectivity index is 1.67. The van der Waals surface area contributed by atoms with E-state index >= 15 is 0 Å². The van der Waals surface area contributed by atoms with Crippen LogP contribution in [0, 0.1) is 0 Å². The number of nitrogens with zero attached hydrogens (tertiary/aromatic N) is 3. The molecule has 30 heavy (non-hydrogen) atoms. The van der Waals surface area contributed by atoms with Gasteiger partial charge in [0.1, 0.15) is 17.2 Å². The van der Waals surface area contributed by atoms with Crippen LogP contribution in [-0.2, 0) is 11.8 Å². The smallest absolute Gasteiger partial charge is 0.234 e. The first-order valence-corrected chi connectivity index (χ1v) is 10.2. The highest BCUT2D eigenvalue weighted by molar-refractivity contribution is 7.99. The molecule has 0 spiro atoms. The van der Waals surface area contributed by atoms with Crippen molar-refractivity contribution >= 4 is 35.0 Å². The molecular formula is C20H21ClN4O4S. The van der Waals surface area contributed by atoms with Crippen LogP contribution in [0.3, 0.4) is 0 Å². The van der Waals surface area contributed by atoms with Gasteiger partial charge in [-0.2, -0.15) is 0 Å². The van der Waals surface area contributed by atoms with Gasteiger partial charge in [0.25, 0.3) is 0 Å². The maximum absolute atomic E-state index is 12.5. The SMILES string of the molecule is COc1ccc(-c2nnc(SCC(=O)Nc3cc(OC)c(Cl)cc3OC)n2C)cc1. The number of anilines is 1. The largest absolute Gasteiger partial charge is 0.497 e. The minimum atomic E-state index is -0.225. The van der Waals surface area contributed by atoms with Crippen molar-refractivity contribution in [2.75, 3.05) is 32.4 Å². The third kappa shape index (κ3) is 4.80. The molecule has 3 rings (SSSR count). The van der Waals surface area contributed by atoms with Gasteiger partial charge < -0.3 is 24.1 Å². The summed E-state index contributed by atoms with van der Waals surface area (Å²) in [6, 6.07) is 10.7. The summed E-state index contributed by atoms with van der Waals surface area (Å²) in [5.41, 5.74) is 1.38. The second-order valence-electron chi connectivity index (χ2n) is 6.12. The van der Waals surface area contributed by atoms with E-state index in [1.807, 2.05) is 35.9 Å². The monoisotopic (exact) mass is 448 g/mol. The van der Waals surface area contributed by atoms with Gasteiger partial charge in [0, 0.05) is 24.7 Å². The van der Waals surface area contributed by atoms with Crippen molar-refractivity contribution in [3.63, 3.8) is 0 Å². The lowest BCUT2D eigenvalue weighted by Gasteiger charge is -2.13. The fourth-order valence-corrected chi connectivity index (χ4v) is 3.65. The molecular weight excluding hydrogens is 428 g/mol. The number of ether oxygens (including phenoxy) is 3. The number of methoxy groups -OCH3 is 3. The first kappa shape index (κ1) is 21.8. The molecule has 3 aromatic rings. The van der Waals surface area contributed by atoms with Crippen LogP contribution in [0.1, 0.15) is 0 Å². The quantitative estimate of drug-likeness (QED) is 0.523. The molecule has 0 aliphatic rings. The van der Waals surface area contributed by atoms with Crippen LogP contribution in [0.5, 0.6) is 17.2 Å². The summed E-state index contributed by atoms with van der Waals surface area (Å²) in [5, 5.41) is 12.2. The molecule has 158 valence electrons. The Morgan fingerprint density at radius 3 is 2.40 bits per heavy atom. The van der Waals surface area contributed by atoms with Crippen LogP contribution in [0.25, 0.3) is 11.4 Å². The first-order valence-electron chi connectivity index (χ1n) is 8.84. The number of carbonyl (C=O) groups is 1. The average molecular weight is 449 g/mol. The maximum Gasteiger partial charge on any atom is 0.234 e. The number of aromatic nitrogens is 3. The summed E-state index contributed by atoms with van der Waals surface area (Å²) in [6.45, 7) is 0. The van der Waals surface area contributed by atoms with Gasteiger partial charge in [-0.25, -0.2) is 0 Å². The zero-order valence-electron chi connectivity index (χ0n) is 16.9. The Morgan fingerprint density at radius 1 is 1.07 bits per heavy atom. The molecule has 10 heteroatoms.